The Balaban J connectivity index is 1.55. The molecule has 0 saturated carbocycles. The van der Waals surface area contributed by atoms with Crippen LogP contribution in [-0.2, 0) is 22.6 Å². The van der Waals surface area contributed by atoms with Crippen molar-refractivity contribution < 1.29 is 19.1 Å². The number of rotatable bonds is 8. The van der Waals surface area contributed by atoms with E-state index in [4.69, 9.17) is 26.3 Å². The zero-order chi connectivity index (χ0) is 24.3. The molecule has 0 fully saturated rings. The molecule has 0 aliphatic heterocycles. The number of carbonyl (C=O) groups excluding carboxylic acids is 2. The molecule has 8 nitrogen and oxygen atoms in total. The van der Waals surface area contributed by atoms with Crippen molar-refractivity contribution in [2.45, 2.75) is 13.0 Å². The van der Waals surface area contributed by atoms with Gasteiger partial charge in [-0.05, 0) is 47.5 Å². The minimum atomic E-state index is -0.927. The first-order valence-corrected chi connectivity index (χ1v) is 10.5. The summed E-state index contributed by atoms with van der Waals surface area (Å²) in [5.74, 6) is -0.807. The van der Waals surface area contributed by atoms with Crippen LogP contribution in [0, 0.1) is 11.3 Å². The van der Waals surface area contributed by atoms with Crippen LogP contribution in [0.15, 0.2) is 71.8 Å². The van der Waals surface area contributed by atoms with Crippen molar-refractivity contribution >= 4 is 35.3 Å². The Morgan fingerprint density at radius 2 is 1.82 bits per heavy atom. The van der Waals surface area contributed by atoms with E-state index in [0.29, 0.717) is 27.8 Å². The number of anilines is 1. The first-order valence-electron chi connectivity index (χ1n) is 10.1. The number of hydrazone groups is 1. The smallest absolute Gasteiger partial charge is 0.329 e. The molecule has 0 aliphatic carbocycles. The van der Waals surface area contributed by atoms with E-state index in [1.807, 2.05) is 24.3 Å². The van der Waals surface area contributed by atoms with Gasteiger partial charge in [0.2, 0.25) is 0 Å². The van der Waals surface area contributed by atoms with Crippen LogP contribution in [0.1, 0.15) is 16.7 Å². The molecule has 0 heterocycles. The van der Waals surface area contributed by atoms with Gasteiger partial charge in [-0.15, -0.1) is 0 Å². The summed E-state index contributed by atoms with van der Waals surface area (Å²) in [6.45, 7) is 0.274. The summed E-state index contributed by atoms with van der Waals surface area (Å²) in [5.41, 5.74) is 4.88. The molecular formula is C25H21ClN4O4. The maximum absolute atomic E-state index is 12.0. The van der Waals surface area contributed by atoms with Crippen molar-refractivity contribution in [2.75, 3.05) is 12.4 Å². The van der Waals surface area contributed by atoms with Crippen LogP contribution >= 0.6 is 11.6 Å². The number of nitrogens with one attached hydrogen (secondary N) is 2. The van der Waals surface area contributed by atoms with Gasteiger partial charge in [0.15, 0.2) is 11.5 Å². The van der Waals surface area contributed by atoms with Crippen LogP contribution in [0.2, 0.25) is 5.02 Å². The van der Waals surface area contributed by atoms with Gasteiger partial charge < -0.3 is 14.8 Å². The molecule has 34 heavy (non-hydrogen) atoms. The molecule has 2 amide bonds. The summed E-state index contributed by atoms with van der Waals surface area (Å²) in [5, 5.41) is 15.6. The van der Waals surface area contributed by atoms with E-state index in [9.17, 15) is 9.59 Å². The number of ether oxygens (including phenoxy) is 2. The van der Waals surface area contributed by atoms with E-state index >= 15 is 0 Å². The van der Waals surface area contributed by atoms with Crippen molar-refractivity contribution in [1.82, 2.24) is 5.43 Å². The summed E-state index contributed by atoms with van der Waals surface area (Å²) < 4.78 is 11.2. The Morgan fingerprint density at radius 3 is 2.53 bits per heavy atom. The number of nitrogens with zero attached hydrogens (tertiary/aromatic N) is 2. The molecule has 0 aliphatic rings. The summed E-state index contributed by atoms with van der Waals surface area (Å²) >= 11 is 6.16. The van der Waals surface area contributed by atoms with Crippen LogP contribution < -0.4 is 20.2 Å². The van der Waals surface area contributed by atoms with E-state index in [1.165, 1.54) is 13.3 Å². The Labute approximate surface area is 201 Å². The summed E-state index contributed by atoms with van der Waals surface area (Å²) in [6, 6.07) is 21.2. The van der Waals surface area contributed by atoms with E-state index < -0.39 is 11.8 Å². The number of carbonyl (C=O) groups is 2. The lowest BCUT2D eigenvalue weighted by Crippen LogP contribution is -2.32. The molecule has 0 bridgehead atoms. The molecule has 3 aromatic carbocycles. The van der Waals surface area contributed by atoms with Gasteiger partial charge in [-0.3, -0.25) is 9.59 Å². The van der Waals surface area contributed by atoms with Crippen LogP contribution in [0.5, 0.6) is 11.5 Å². The Hall–Kier alpha value is -4.35. The lowest BCUT2D eigenvalue weighted by molar-refractivity contribution is -0.136. The van der Waals surface area contributed by atoms with Crippen molar-refractivity contribution in [3.05, 3.63) is 88.4 Å². The molecule has 2 N–H and O–H groups in total. The predicted molar refractivity (Wildman–Crippen MR) is 129 cm³/mol. The number of benzene rings is 3. The molecule has 3 rings (SSSR count). The standard InChI is InChI=1S/C25H21ClN4O4/c1-33-23-14-18(8-11-22(23)34-16-19-4-2-3-5-21(19)26)15-28-30-25(32)24(31)29-20-9-6-17(7-10-20)12-13-27/h2-11,14-15H,12,16H2,1H3,(H,29,31)(H,30,32). The average molecular weight is 477 g/mol. The van der Waals surface area contributed by atoms with Gasteiger partial charge in [0.05, 0.1) is 25.8 Å². The Kier molecular flexibility index (Phi) is 8.60. The van der Waals surface area contributed by atoms with Crippen molar-refractivity contribution in [3.8, 4) is 17.6 Å². The number of hydrogen-bond acceptors (Lipinski definition) is 6. The number of halogens is 1. The number of methoxy groups -OCH3 is 1. The van der Waals surface area contributed by atoms with E-state index in [1.54, 1.807) is 48.5 Å². The molecule has 172 valence electrons. The number of amides is 2. The minimum absolute atomic E-state index is 0.267. The van der Waals surface area contributed by atoms with Crippen molar-refractivity contribution in [2.24, 2.45) is 5.10 Å². The highest BCUT2D eigenvalue weighted by Crippen LogP contribution is 2.29. The second-order valence-corrected chi connectivity index (χ2v) is 7.38. The lowest BCUT2D eigenvalue weighted by atomic mass is 10.1. The van der Waals surface area contributed by atoms with Gasteiger partial charge in [-0.25, -0.2) is 5.43 Å². The fraction of sp³-hybridized carbons (Fsp3) is 0.120. The van der Waals surface area contributed by atoms with E-state index in [-0.39, 0.29) is 13.0 Å². The number of nitriles is 1. The molecule has 9 heteroatoms. The van der Waals surface area contributed by atoms with Gasteiger partial charge in [-0.2, -0.15) is 10.4 Å². The normalized spacial score (nSPS) is 10.4. The van der Waals surface area contributed by atoms with Gasteiger partial charge >= 0.3 is 11.8 Å². The largest absolute Gasteiger partial charge is 0.493 e. The first kappa shape index (κ1) is 24.3. The topological polar surface area (TPSA) is 113 Å². The number of hydrogen-bond donors (Lipinski definition) is 2. The molecule has 0 radical (unpaired) electrons. The molecule has 0 spiro atoms. The summed E-state index contributed by atoms with van der Waals surface area (Å²) in [6.07, 6.45) is 1.64. The third-order valence-electron chi connectivity index (χ3n) is 4.61. The minimum Gasteiger partial charge on any atom is -0.493 e. The van der Waals surface area contributed by atoms with Gasteiger partial charge in [-0.1, -0.05) is 41.9 Å². The maximum Gasteiger partial charge on any atom is 0.329 e. The second-order valence-electron chi connectivity index (χ2n) is 6.98. The van der Waals surface area contributed by atoms with E-state index in [2.05, 4.69) is 15.8 Å². The molecule has 3 aromatic rings. The monoisotopic (exact) mass is 476 g/mol. The third kappa shape index (κ3) is 6.82. The Bertz CT molecular complexity index is 1240. The van der Waals surface area contributed by atoms with Gasteiger partial charge in [0.25, 0.3) is 0 Å². The SMILES string of the molecule is COc1cc(C=NNC(=O)C(=O)Nc2ccc(CC#N)cc2)ccc1OCc1ccccc1Cl. The fourth-order valence-electron chi connectivity index (χ4n) is 2.86. The molecule has 0 saturated heterocycles. The third-order valence-corrected chi connectivity index (χ3v) is 4.98. The lowest BCUT2D eigenvalue weighted by Gasteiger charge is -2.12. The quantitative estimate of drug-likeness (QED) is 0.289. The highest BCUT2D eigenvalue weighted by molar-refractivity contribution is 6.39. The van der Waals surface area contributed by atoms with Crippen LogP contribution in [-0.4, -0.2) is 25.1 Å². The Morgan fingerprint density at radius 1 is 1.06 bits per heavy atom. The highest BCUT2D eigenvalue weighted by atomic mass is 35.5. The highest BCUT2D eigenvalue weighted by Gasteiger charge is 2.13. The summed E-state index contributed by atoms with van der Waals surface area (Å²) in [7, 11) is 1.51. The van der Waals surface area contributed by atoms with Gasteiger partial charge in [0.1, 0.15) is 6.61 Å². The molecular weight excluding hydrogens is 456 g/mol. The zero-order valence-electron chi connectivity index (χ0n) is 18.2. The molecule has 0 atom stereocenters. The van der Waals surface area contributed by atoms with E-state index in [0.717, 1.165) is 11.1 Å². The van der Waals surface area contributed by atoms with Gasteiger partial charge in [0, 0.05) is 16.3 Å². The fourth-order valence-corrected chi connectivity index (χ4v) is 3.05. The first-order chi connectivity index (χ1) is 16.5. The van der Waals surface area contributed by atoms with Crippen LogP contribution in [0.25, 0.3) is 0 Å². The zero-order valence-corrected chi connectivity index (χ0v) is 19.0. The van der Waals surface area contributed by atoms with Crippen LogP contribution in [0.3, 0.4) is 0 Å². The molecule has 0 aromatic heterocycles. The van der Waals surface area contributed by atoms with Crippen molar-refractivity contribution in [3.63, 3.8) is 0 Å². The van der Waals surface area contributed by atoms with Crippen molar-refractivity contribution in [1.29, 1.82) is 5.26 Å². The van der Waals surface area contributed by atoms with Crippen LogP contribution in [0.4, 0.5) is 5.69 Å². The summed E-state index contributed by atoms with van der Waals surface area (Å²) in [4.78, 5) is 24.0. The second kappa shape index (κ2) is 12.0. The maximum atomic E-state index is 12.0. The molecule has 0 unspecified atom stereocenters. The average Bonchev–Trinajstić information content (AvgIpc) is 2.85. The predicted octanol–water partition coefficient (Wildman–Crippen LogP) is 4.08.